The van der Waals surface area contributed by atoms with Crippen LogP contribution < -0.4 is 5.73 Å². The minimum atomic E-state index is 0.201. The Morgan fingerprint density at radius 1 is 1.33 bits per heavy atom. The van der Waals surface area contributed by atoms with E-state index in [4.69, 9.17) is 15.6 Å². The number of aliphatic hydroxyl groups excluding tert-OH is 1. The minimum absolute atomic E-state index is 0.201. The summed E-state index contributed by atoms with van der Waals surface area (Å²) in [6.45, 7) is 2.49. The Balaban J connectivity index is 2.44. The molecule has 3 N–H and O–H groups in total. The molecule has 0 aromatic rings. The van der Waals surface area contributed by atoms with E-state index in [2.05, 4.69) is 4.90 Å². The lowest BCUT2D eigenvalue weighted by molar-refractivity contribution is 0.0766. The third kappa shape index (κ3) is 4.07. The van der Waals surface area contributed by atoms with E-state index in [0.29, 0.717) is 19.2 Å². The van der Waals surface area contributed by atoms with Gasteiger partial charge in [-0.05, 0) is 12.8 Å². The molecule has 0 aromatic heterocycles. The minimum Gasteiger partial charge on any atom is -0.395 e. The Labute approximate surface area is 92.4 Å². The normalized spacial score (nSPS) is 27.2. The van der Waals surface area contributed by atoms with Gasteiger partial charge < -0.3 is 15.6 Å². The molecule has 0 bridgehead atoms. The number of nitrogens with two attached hydrogens (primary N) is 1. The molecular formula is C11H24N2O2. The first-order chi connectivity index (χ1) is 7.29. The summed E-state index contributed by atoms with van der Waals surface area (Å²) in [6, 6.07) is 0.697. The lowest BCUT2D eigenvalue weighted by atomic mass is 9.90. The fourth-order valence-corrected chi connectivity index (χ4v) is 2.37. The van der Waals surface area contributed by atoms with E-state index in [1.807, 2.05) is 0 Å². The van der Waals surface area contributed by atoms with E-state index < -0.39 is 0 Å². The molecule has 0 aliphatic heterocycles. The van der Waals surface area contributed by atoms with Gasteiger partial charge in [0.05, 0.1) is 13.2 Å². The van der Waals surface area contributed by atoms with Crippen LogP contribution in [0.5, 0.6) is 0 Å². The summed E-state index contributed by atoms with van der Waals surface area (Å²) < 4.78 is 5.08. The van der Waals surface area contributed by atoms with Crippen LogP contribution in [0, 0.1) is 0 Å². The Morgan fingerprint density at radius 3 is 2.67 bits per heavy atom. The van der Waals surface area contributed by atoms with Gasteiger partial charge in [0.25, 0.3) is 0 Å². The van der Waals surface area contributed by atoms with E-state index in [1.165, 1.54) is 12.8 Å². The van der Waals surface area contributed by atoms with Crippen LogP contribution in [0.15, 0.2) is 0 Å². The predicted octanol–water partition coefficient (Wildman–Crippen LogP) is 0.197. The molecule has 4 nitrogen and oxygen atoms in total. The molecule has 0 radical (unpaired) electrons. The van der Waals surface area contributed by atoms with Crippen LogP contribution in [0.3, 0.4) is 0 Å². The molecule has 1 rings (SSSR count). The molecule has 0 amide bonds. The van der Waals surface area contributed by atoms with Gasteiger partial charge in [0.15, 0.2) is 0 Å². The molecule has 90 valence electrons. The molecule has 0 aromatic carbocycles. The summed E-state index contributed by atoms with van der Waals surface area (Å²) in [7, 11) is 1.71. The van der Waals surface area contributed by atoms with Gasteiger partial charge in [0.1, 0.15) is 0 Å². The summed E-state index contributed by atoms with van der Waals surface area (Å²) >= 11 is 0. The summed E-state index contributed by atoms with van der Waals surface area (Å²) in [6.07, 6.45) is 4.77. The lowest BCUT2D eigenvalue weighted by Crippen LogP contribution is -2.51. The van der Waals surface area contributed by atoms with Crippen molar-refractivity contribution in [1.29, 1.82) is 0 Å². The Bertz CT molecular complexity index is 167. The average molecular weight is 216 g/mol. The van der Waals surface area contributed by atoms with Crippen LogP contribution in [-0.4, -0.2) is 55.5 Å². The van der Waals surface area contributed by atoms with Crippen molar-refractivity contribution in [3.05, 3.63) is 0 Å². The fraction of sp³-hybridized carbons (Fsp3) is 1.00. The molecule has 2 atom stereocenters. The zero-order valence-corrected chi connectivity index (χ0v) is 9.69. The van der Waals surface area contributed by atoms with Crippen molar-refractivity contribution in [3.63, 3.8) is 0 Å². The summed E-state index contributed by atoms with van der Waals surface area (Å²) in [5.41, 5.74) is 6.12. The summed E-state index contributed by atoms with van der Waals surface area (Å²) in [5.74, 6) is 0. The third-order valence-corrected chi connectivity index (χ3v) is 3.22. The largest absolute Gasteiger partial charge is 0.395 e. The third-order valence-electron chi connectivity index (χ3n) is 3.22. The smallest absolute Gasteiger partial charge is 0.0589 e. The van der Waals surface area contributed by atoms with E-state index in [9.17, 15) is 0 Å². The molecule has 1 aliphatic carbocycles. The molecule has 1 saturated carbocycles. The maximum Gasteiger partial charge on any atom is 0.0589 e. The lowest BCUT2D eigenvalue weighted by Gasteiger charge is -2.38. The van der Waals surface area contributed by atoms with Gasteiger partial charge in [0, 0.05) is 32.3 Å². The number of hydrogen-bond donors (Lipinski definition) is 2. The van der Waals surface area contributed by atoms with Gasteiger partial charge in [0.2, 0.25) is 0 Å². The number of hydrogen-bond acceptors (Lipinski definition) is 4. The average Bonchev–Trinajstić information content (AvgIpc) is 2.25. The van der Waals surface area contributed by atoms with Crippen LogP contribution in [-0.2, 0) is 4.74 Å². The van der Waals surface area contributed by atoms with Crippen LogP contribution >= 0.6 is 0 Å². The van der Waals surface area contributed by atoms with Crippen molar-refractivity contribution in [1.82, 2.24) is 4.90 Å². The molecule has 0 spiro atoms. The Kier molecular flexibility index (Phi) is 6.17. The Morgan fingerprint density at radius 2 is 2.07 bits per heavy atom. The number of rotatable bonds is 6. The van der Waals surface area contributed by atoms with E-state index >= 15 is 0 Å². The van der Waals surface area contributed by atoms with E-state index in [1.54, 1.807) is 7.11 Å². The van der Waals surface area contributed by atoms with Gasteiger partial charge in [-0.25, -0.2) is 0 Å². The Hall–Kier alpha value is -0.160. The number of nitrogens with zero attached hydrogens (tertiary/aromatic N) is 1. The molecule has 1 fully saturated rings. The van der Waals surface area contributed by atoms with Crippen molar-refractivity contribution in [2.75, 3.05) is 33.4 Å². The maximum absolute atomic E-state index is 9.03. The SMILES string of the molecule is COCCN(CCO)C1CCCCC1N. The first-order valence-corrected chi connectivity index (χ1v) is 5.89. The van der Waals surface area contributed by atoms with Crippen molar-refractivity contribution in [3.8, 4) is 0 Å². The van der Waals surface area contributed by atoms with Gasteiger partial charge in [-0.1, -0.05) is 12.8 Å². The van der Waals surface area contributed by atoms with Crippen LogP contribution in [0.2, 0.25) is 0 Å². The highest BCUT2D eigenvalue weighted by molar-refractivity contribution is 4.85. The van der Waals surface area contributed by atoms with Crippen LogP contribution in [0.4, 0.5) is 0 Å². The standard InChI is InChI=1S/C11H24N2O2/c1-15-9-7-13(6-8-14)11-5-3-2-4-10(11)12/h10-11,14H,2-9,12H2,1H3. The van der Waals surface area contributed by atoms with E-state index in [-0.39, 0.29) is 12.6 Å². The summed E-state index contributed by atoms with van der Waals surface area (Å²) in [4.78, 5) is 2.27. The highest BCUT2D eigenvalue weighted by Gasteiger charge is 2.26. The molecular weight excluding hydrogens is 192 g/mol. The second kappa shape index (κ2) is 7.17. The fourth-order valence-electron chi connectivity index (χ4n) is 2.37. The first-order valence-electron chi connectivity index (χ1n) is 5.89. The van der Waals surface area contributed by atoms with Crippen molar-refractivity contribution >= 4 is 0 Å². The van der Waals surface area contributed by atoms with Crippen LogP contribution in [0.25, 0.3) is 0 Å². The van der Waals surface area contributed by atoms with Gasteiger partial charge >= 0.3 is 0 Å². The van der Waals surface area contributed by atoms with Crippen molar-refractivity contribution in [2.24, 2.45) is 5.73 Å². The van der Waals surface area contributed by atoms with Crippen LogP contribution in [0.1, 0.15) is 25.7 Å². The number of aliphatic hydroxyl groups is 1. The number of ether oxygens (including phenoxy) is 1. The van der Waals surface area contributed by atoms with Gasteiger partial charge in [-0.2, -0.15) is 0 Å². The van der Waals surface area contributed by atoms with E-state index in [0.717, 1.165) is 19.4 Å². The number of methoxy groups -OCH3 is 1. The highest BCUT2D eigenvalue weighted by atomic mass is 16.5. The maximum atomic E-state index is 9.03. The summed E-state index contributed by atoms with van der Waals surface area (Å²) in [5, 5.41) is 9.03. The van der Waals surface area contributed by atoms with Crippen molar-refractivity contribution < 1.29 is 9.84 Å². The molecule has 2 unspecified atom stereocenters. The predicted molar refractivity (Wildman–Crippen MR) is 60.8 cm³/mol. The second-order valence-electron chi connectivity index (χ2n) is 4.27. The topological polar surface area (TPSA) is 58.7 Å². The second-order valence-corrected chi connectivity index (χ2v) is 4.27. The monoisotopic (exact) mass is 216 g/mol. The molecule has 15 heavy (non-hydrogen) atoms. The first kappa shape index (κ1) is 12.9. The van der Waals surface area contributed by atoms with Gasteiger partial charge in [-0.3, -0.25) is 4.90 Å². The highest BCUT2D eigenvalue weighted by Crippen LogP contribution is 2.21. The zero-order chi connectivity index (χ0) is 11.1. The zero-order valence-electron chi connectivity index (χ0n) is 9.69. The molecule has 0 saturated heterocycles. The van der Waals surface area contributed by atoms with Gasteiger partial charge in [-0.15, -0.1) is 0 Å². The quantitative estimate of drug-likeness (QED) is 0.666. The molecule has 1 aliphatic rings. The molecule has 4 heteroatoms. The molecule has 0 heterocycles. The van der Waals surface area contributed by atoms with Crippen molar-refractivity contribution in [2.45, 2.75) is 37.8 Å².